The Labute approximate surface area is 198 Å². The average molecular weight is 471 g/mol. The first-order valence-electron chi connectivity index (χ1n) is 11.3. The number of nitrogen functional groups attached to an aromatic ring is 1. The molecule has 3 heterocycles. The number of halogens is 1. The Morgan fingerprint density at radius 2 is 1.94 bits per heavy atom. The Morgan fingerprint density at radius 1 is 1.11 bits per heavy atom. The fourth-order valence-electron chi connectivity index (χ4n) is 4.75. The average Bonchev–Trinajstić information content (AvgIpc) is 3.62. The van der Waals surface area contributed by atoms with Crippen LogP contribution < -0.4 is 11.3 Å². The maximum Gasteiger partial charge on any atom is 0.265 e. The SMILES string of the molecule is Nc1nc(-c2cccc(-n3ccc4cc(C5CC5)cc(F)c4c3=O)c2CO)c2cc(CO)[nH]c2n1. The van der Waals surface area contributed by atoms with Crippen LogP contribution in [0.5, 0.6) is 0 Å². The number of aliphatic hydroxyl groups is 2. The third-order valence-electron chi connectivity index (χ3n) is 6.58. The molecule has 0 atom stereocenters. The fraction of sp³-hybridized carbons (Fsp3) is 0.192. The second kappa shape index (κ2) is 8.00. The number of aromatic amines is 1. The minimum atomic E-state index is -0.542. The number of pyridine rings is 1. The smallest absolute Gasteiger partial charge is 0.265 e. The van der Waals surface area contributed by atoms with Crippen LogP contribution in [0.3, 0.4) is 0 Å². The van der Waals surface area contributed by atoms with Crippen molar-refractivity contribution in [2.45, 2.75) is 32.0 Å². The number of aromatic nitrogens is 4. The molecular weight excluding hydrogens is 449 g/mol. The van der Waals surface area contributed by atoms with Gasteiger partial charge in [0, 0.05) is 28.4 Å². The Bertz CT molecular complexity index is 1690. The van der Waals surface area contributed by atoms with Crippen LogP contribution in [0, 0.1) is 5.82 Å². The Kier molecular flexibility index (Phi) is 4.91. The predicted molar refractivity (Wildman–Crippen MR) is 131 cm³/mol. The summed E-state index contributed by atoms with van der Waals surface area (Å²) in [6, 6.07) is 12.0. The van der Waals surface area contributed by atoms with E-state index in [1.54, 1.807) is 36.5 Å². The van der Waals surface area contributed by atoms with Gasteiger partial charge in [-0.05, 0) is 54.0 Å². The summed E-state index contributed by atoms with van der Waals surface area (Å²) < 4.78 is 16.4. The van der Waals surface area contributed by atoms with Crippen molar-refractivity contribution in [3.8, 4) is 16.9 Å². The maximum absolute atomic E-state index is 15.1. The van der Waals surface area contributed by atoms with E-state index in [-0.39, 0.29) is 17.9 Å². The molecule has 0 radical (unpaired) electrons. The van der Waals surface area contributed by atoms with Crippen LogP contribution in [0.15, 0.2) is 53.5 Å². The molecule has 6 rings (SSSR count). The van der Waals surface area contributed by atoms with E-state index in [2.05, 4.69) is 15.0 Å². The van der Waals surface area contributed by atoms with Crippen LogP contribution in [-0.2, 0) is 13.2 Å². The van der Waals surface area contributed by atoms with Gasteiger partial charge in [0.15, 0.2) is 0 Å². The molecule has 0 amide bonds. The van der Waals surface area contributed by atoms with Crippen LogP contribution >= 0.6 is 0 Å². The second-order valence-electron chi connectivity index (χ2n) is 8.84. The topological polar surface area (TPSA) is 130 Å². The zero-order valence-corrected chi connectivity index (χ0v) is 18.6. The van der Waals surface area contributed by atoms with E-state index in [9.17, 15) is 15.0 Å². The van der Waals surface area contributed by atoms with E-state index >= 15 is 4.39 Å². The largest absolute Gasteiger partial charge is 0.392 e. The molecular formula is C26H22FN5O3. The number of nitrogens with one attached hydrogen (secondary N) is 1. The zero-order chi connectivity index (χ0) is 24.3. The van der Waals surface area contributed by atoms with Gasteiger partial charge >= 0.3 is 0 Å². The lowest BCUT2D eigenvalue weighted by Crippen LogP contribution is -2.20. The molecule has 1 aliphatic rings. The van der Waals surface area contributed by atoms with Crippen LogP contribution in [0.25, 0.3) is 38.8 Å². The lowest BCUT2D eigenvalue weighted by Gasteiger charge is -2.16. The quantitative estimate of drug-likeness (QED) is 0.310. The van der Waals surface area contributed by atoms with Crippen molar-refractivity contribution in [2.75, 3.05) is 5.73 Å². The number of hydrogen-bond acceptors (Lipinski definition) is 6. The summed E-state index contributed by atoms with van der Waals surface area (Å²) in [7, 11) is 0. The molecule has 0 aliphatic heterocycles. The number of rotatable bonds is 5. The van der Waals surface area contributed by atoms with Gasteiger partial charge in [0.2, 0.25) is 5.95 Å². The third-order valence-corrected chi connectivity index (χ3v) is 6.58. The van der Waals surface area contributed by atoms with Gasteiger partial charge in [-0.15, -0.1) is 0 Å². The van der Waals surface area contributed by atoms with Crippen molar-refractivity contribution in [3.05, 3.63) is 81.7 Å². The first-order valence-corrected chi connectivity index (χ1v) is 11.3. The molecule has 9 heteroatoms. The number of nitrogens with zero attached hydrogens (tertiary/aromatic N) is 3. The van der Waals surface area contributed by atoms with E-state index in [0.29, 0.717) is 50.5 Å². The first kappa shape index (κ1) is 21.5. The number of nitrogens with two attached hydrogens (primary N) is 1. The number of hydrogen-bond donors (Lipinski definition) is 4. The Morgan fingerprint density at radius 3 is 2.69 bits per heavy atom. The molecule has 5 N–H and O–H groups in total. The summed E-state index contributed by atoms with van der Waals surface area (Å²) in [6.45, 7) is -0.620. The molecule has 1 fully saturated rings. The summed E-state index contributed by atoms with van der Waals surface area (Å²) in [5, 5.41) is 21.1. The van der Waals surface area contributed by atoms with E-state index in [0.717, 1.165) is 18.4 Å². The molecule has 8 nitrogen and oxygen atoms in total. The van der Waals surface area contributed by atoms with Crippen LogP contribution in [0.2, 0.25) is 0 Å². The van der Waals surface area contributed by atoms with Gasteiger partial charge in [-0.2, -0.15) is 4.98 Å². The maximum atomic E-state index is 15.1. The lowest BCUT2D eigenvalue weighted by molar-refractivity contribution is 0.278. The molecule has 0 unspecified atom stereocenters. The monoisotopic (exact) mass is 471 g/mol. The highest BCUT2D eigenvalue weighted by Crippen LogP contribution is 2.41. The van der Waals surface area contributed by atoms with E-state index in [1.165, 1.54) is 10.6 Å². The molecule has 2 aromatic carbocycles. The number of fused-ring (bicyclic) bond motifs is 2. The van der Waals surface area contributed by atoms with Crippen molar-refractivity contribution in [2.24, 2.45) is 0 Å². The summed E-state index contributed by atoms with van der Waals surface area (Å²) in [6.07, 6.45) is 3.68. The van der Waals surface area contributed by atoms with E-state index < -0.39 is 18.0 Å². The standard InChI is InChI=1S/C26H22FN5O3/c27-20-9-15(13-4-5-13)8-14-6-7-32(25(35)22(14)20)21-3-1-2-17(19(21)12-34)23-18-10-16(11-33)29-24(18)31-26(28)30-23/h1-3,6-10,13,33-34H,4-5,11-12H2,(H3,28,29,30,31). The second-order valence-corrected chi connectivity index (χ2v) is 8.84. The minimum absolute atomic E-state index is 0.0121. The Balaban J connectivity index is 1.57. The molecule has 176 valence electrons. The summed E-state index contributed by atoms with van der Waals surface area (Å²) in [5.41, 5.74) is 9.15. The summed E-state index contributed by atoms with van der Waals surface area (Å²) in [4.78, 5) is 25.0. The number of aliphatic hydroxyl groups excluding tert-OH is 2. The highest BCUT2D eigenvalue weighted by molar-refractivity contribution is 5.93. The van der Waals surface area contributed by atoms with Crippen molar-refractivity contribution < 1.29 is 14.6 Å². The molecule has 1 aliphatic carbocycles. The van der Waals surface area contributed by atoms with Gasteiger partial charge in [-0.1, -0.05) is 18.2 Å². The lowest BCUT2D eigenvalue weighted by atomic mass is 10.00. The summed E-state index contributed by atoms with van der Waals surface area (Å²) >= 11 is 0. The van der Waals surface area contributed by atoms with Crippen molar-refractivity contribution in [1.82, 2.24) is 19.5 Å². The predicted octanol–water partition coefficient (Wildman–Crippen LogP) is 3.51. The van der Waals surface area contributed by atoms with Gasteiger partial charge in [-0.3, -0.25) is 9.36 Å². The van der Waals surface area contributed by atoms with Gasteiger partial charge in [0.05, 0.1) is 30.0 Å². The van der Waals surface area contributed by atoms with Crippen LogP contribution in [0.4, 0.5) is 10.3 Å². The highest BCUT2D eigenvalue weighted by Gasteiger charge is 2.25. The fourth-order valence-corrected chi connectivity index (χ4v) is 4.75. The van der Waals surface area contributed by atoms with Gasteiger partial charge in [0.25, 0.3) is 5.56 Å². The molecule has 3 aromatic heterocycles. The molecule has 0 spiro atoms. The summed E-state index contributed by atoms with van der Waals surface area (Å²) in [5.74, 6) is -0.157. The minimum Gasteiger partial charge on any atom is -0.392 e. The van der Waals surface area contributed by atoms with Gasteiger partial charge in [0.1, 0.15) is 11.5 Å². The first-order chi connectivity index (χ1) is 17.0. The number of benzene rings is 2. The van der Waals surface area contributed by atoms with Crippen molar-refractivity contribution >= 4 is 27.8 Å². The number of H-pyrrole nitrogens is 1. The van der Waals surface area contributed by atoms with E-state index in [1.807, 2.05) is 6.07 Å². The molecule has 1 saturated carbocycles. The van der Waals surface area contributed by atoms with Crippen molar-refractivity contribution in [1.29, 1.82) is 0 Å². The third kappa shape index (κ3) is 3.48. The van der Waals surface area contributed by atoms with Gasteiger partial charge < -0.3 is 20.9 Å². The molecule has 35 heavy (non-hydrogen) atoms. The molecule has 5 aromatic rings. The molecule has 0 saturated heterocycles. The molecule has 0 bridgehead atoms. The number of anilines is 1. The van der Waals surface area contributed by atoms with Gasteiger partial charge in [-0.25, -0.2) is 9.37 Å². The van der Waals surface area contributed by atoms with Crippen LogP contribution in [-0.4, -0.2) is 29.7 Å². The van der Waals surface area contributed by atoms with Crippen molar-refractivity contribution in [3.63, 3.8) is 0 Å². The Hall–Kier alpha value is -4.08. The van der Waals surface area contributed by atoms with E-state index in [4.69, 9.17) is 5.73 Å². The normalized spacial score (nSPS) is 13.7. The highest BCUT2D eigenvalue weighted by atomic mass is 19.1. The zero-order valence-electron chi connectivity index (χ0n) is 18.6. The van der Waals surface area contributed by atoms with Crippen LogP contribution in [0.1, 0.15) is 35.6 Å².